The van der Waals surface area contributed by atoms with Gasteiger partial charge in [-0.3, -0.25) is 9.59 Å². The van der Waals surface area contributed by atoms with Crippen molar-refractivity contribution < 1.29 is 28.7 Å². The zero-order valence-corrected chi connectivity index (χ0v) is 19.1. The van der Waals surface area contributed by atoms with Crippen molar-refractivity contribution in [3.8, 4) is 0 Å². The number of esters is 1. The number of amides is 2. The van der Waals surface area contributed by atoms with Crippen molar-refractivity contribution in [2.75, 3.05) is 6.54 Å². The SMILES string of the molecule is CC(C)(C)OC(=O)NCCC(=O)C(=O)N[C@@H](Cc1ccccc1)C(=O)OCc1ccccc1. The minimum Gasteiger partial charge on any atom is -0.459 e. The van der Waals surface area contributed by atoms with Gasteiger partial charge in [-0.15, -0.1) is 0 Å². The number of carbonyl (C=O) groups is 4. The second-order valence-corrected chi connectivity index (χ2v) is 8.41. The molecule has 2 aromatic rings. The van der Waals surface area contributed by atoms with E-state index in [0.29, 0.717) is 0 Å². The first-order valence-corrected chi connectivity index (χ1v) is 10.7. The predicted octanol–water partition coefficient (Wildman–Crippen LogP) is 2.94. The lowest BCUT2D eigenvalue weighted by atomic mass is 10.1. The zero-order valence-electron chi connectivity index (χ0n) is 19.1. The molecule has 0 radical (unpaired) electrons. The molecular weight excluding hydrogens is 424 g/mol. The molecule has 0 spiro atoms. The van der Waals surface area contributed by atoms with Gasteiger partial charge in [-0.2, -0.15) is 0 Å². The molecule has 2 rings (SSSR count). The van der Waals surface area contributed by atoms with E-state index < -0.39 is 35.4 Å². The lowest BCUT2D eigenvalue weighted by Gasteiger charge is -2.19. The molecule has 1 atom stereocenters. The molecular formula is C25H30N2O6. The smallest absolute Gasteiger partial charge is 0.407 e. The van der Waals surface area contributed by atoms with E-state index in [9.17, 15) is 19.2 Å². The number of nitrogens with one attached hydrogen (secondary N) is 2. The normalized spacial score (nSPS) is 11.7. The molecule has 0 unspecified atom stereocenters. The first-order valence-electron chi connectivity index (χ1n) is 10.7. The van der Waals surface area contributed by atoms with Gasteiger partial charge in [0.1, 0.15) is 18.2 Å². The number of ketones is 1. The number of Topliss-reactive ketones (excluding diaryl/α,β-unsaturated/α-hetero) is 1. The van der Waals surface area contributed by atoms with Gasteiger partial charge < -0.3 is 20.1 Å². The second-order valence-electron chi connectivity index (χ2n) is 8.41. The van der Waals surface area contributed by atoms with Crippen LogP contribution in [0.4, 0.5) is 4.79 Å². The summed E-state index contributed by atoms with van der Waals surface area (Å²) < 4.78 is 10.4. The summed E-state index contributed by atoms with van der Waals surface area (Å²) in [6, 6.07) is 17.2. The maximum absolute atomic E-state index is 12.7. The Kier molecular flexibility index (Phi) is 9.60. The van der Waals surface area contributed by atoms with E-state index >= 15 is 0 Å². The molecule has 176 valence electrons. The molecule has 8 nitrogen and oxygen atoms in total. The summed E-state index contributed by atoms with van der Waals surface area (Å²) in [5.74, 6) is -2.32. The van der Waals surface area contributed by atoms with E-state index in [1.165, 1.54) is 0 Å². The van der Waals surface area contributed by atoms with Gasteiger partial charge in [0.05, 0.1) is 0 Å². The molecule has 0 aliphatic rings. The van der Waals surface area contributed by atoms with Crippen molar-refractivity contribution >= 4 is 23.8 Å². The van der Waals surface area contributed by atoms with Crippen LogP contribution in [-0.4, -0.2) is 41.9 Å². The average molecular weight is 455 g/mol. The summed E-state index contributed by atoms with van der Waals surface area (Å²) in [6.07, 6.45) is -0.742. The van der Waals surface area contributed by atoms with Gasteiger partial charge in [-0.05, 0) is 31.9 Å². The van der Waals surface area contributed by atoms with Crippen LogP contribution in [0.5, 0.6) is 0 Å². The Balaban J connectivity index is 1.93. The zero-order chi connectivity index (χ0) is 24.3. The lowest BCUT2D eigenvalue weighted by molar-refractivity contribution is -0.150. The number of rotatable bonds is 10. The summed E-state index contributed by atoms with van der Waals surface area (Å²) in [7, 11) is 0. The third-order valence-corrected chi connectivity index (χ3v) is 4.37. The van der Waals surface area contributed by atoms with Gasteiger partial charge in [0.2, 0.25) is 5.78 Å². The van der Waals surface area contributed by atoms with Crippen molar-refractivity contribution in [1.82, 2.24) is 10.6 Å². The molecule has 0 saturated carbocycles. The van der Waals surface area contributed by atoms with Gasteiger partial charge in [0.15, 0.2) is 0 Å². The van der Waals surface area contributed by atoms with Gasteiger partial charge in [0.25, 0.3) is 5.91 Å². The number of alkyl carbamates (subject to hydrolysis) is 1. The fourth-order valence-corrected chi connectivity index (χ4v) is 2.82. The van der Waals surface area contributed by atoms with Gasteiger partial charge in [0, 0.05) is 19.4 Å². The van der Waals surface area contributed by atoms with Crippen LogP contribution in [0.3, 0.4) is 0 Å². The van der Waals surface area contributed by atoms with E-state index in [1.54, 1.807) is 20.8 Å². The Hall–Kier alpha value is -3.68. The fourth-order valence-electron chi connectivity index (χ4n) is 2.82. The molecule has 2 aromatic carbocycles. The molecule has 33 heavy (non-hydrogen) atoms. The van der Waals surface area contributed by atoms with Crippen LogP contribution in [0.25, 0.3) is 0 Å². The van der Waals surface area contributed by atoms with Crippen LogP contribution >= 0.6 is 0 Å². The molecule has 0 heterocycles. The van der Waals surface area contributed by atoms with Crippen molar-refractivity contribution in [2.45, 2.75) is 51.9 Å². The molecule has 2 amide bonds. The number of benzene rings is 2. The van der Waals surface area contributed by atoms with E-state index in [-0.39, 0.29) is 26.0 Å². The highest BCUT2D eigenvalue weighted by atomic mass is 16.6. The van der Waals surface area contributed by atoms with E-state index in [4.69, 9.17) is 9.47 Å². The summed E-state index contributed by atoms with van der Waals surface area (Å²) in [6.45, 7) is 5.14. The topological polar surface area (TPSA) is 111 Å². The summed E-state index contributed by atoms with van der Waals surface area (Å²) in [5, 5.41) is 4.90. The lowest BCUT2D eigenvalue weighted by Crippen LogP contribution is -2.46. The highest BCUT2D eigenvalue weighted by Crippen LogP contribution is 2.08. The van der Waals surface area contributed by atoms with Crippen molar-refractivity contribution in [3.05, 3.63) is 71.8 Å². The van der Waals surface area contributed by atoms with E-state index in [2.05, 4.69) is 10.6 Å². The van der Waals surface area contributed by atoms with Crippen molar-refractivity contribution in [2.24, 2.45) is 0 Å². The van der Waals surface area contributed by atoms with Crippen LogP contribution < -0.4 is 10.6 Å². The third kappa shape index (κ3) is 9.99. The summed E-state index contributed by atoms with van der Waals surface area (Å²) in [5.41, 5.74) is 0.939. The van der Waals surface area contributed by atoms with Gasteiger partial charge in [-0.1, -0.05) is 60.7 Å². The number of ether oxygens (including phenoxy) is 2. The summed E-state index contributed by atoms with van der Waals surface area (Å²) in [4.78, 5) is 49.0. The van der Waals surface area contributed by atoms with Crippen LogP contribution in [-0.2, 0) is 36.9 Å². The highest BCUT2D eigenvalue weighted by molar-refractivity contribution is 6.36. The standard InChI is InChI=1S/C25H30N2O6/c1-25(2,3)33-24(31)26-15-14-21(28)22(29)27-20(16-18-10-6-4-7-11-18)23(30)32-17-19-12-8-5-9-13-19/h4-13,20H,14-17H2,1-3H3,(H,26,31)(H,27,29)/t20-/m0/s1. The first kappa shape index (κ1) is 25.6. The first-order chi connectivity index (χ1) is 15.6. The Bertz CT molecular complexity index is 938. The van der Waals surface area contributed by atoms with Crippen LogP contribution in [0.2, 0.25) is 0 Å². The third-order valence-electron chi connectivity index (χ3n) is 4.37. The van der Waals surface area contributed by atoms with E-state index in [1.807, 2.05) is 60.7 Å². The van der Waals surface area contributed by atoms with Gasteiger partial charge >= 0.3 is 12.1 Å². The molecule has 0 bridgehead atoms. The Morgan fingerprint density at radius 2 is 1.45 bits per heavy atom. The summed E-state index contributed by atoms with van der Waals surface area (Å²) >= 11 is 0. The van der Waals surface area contributed by atoms with Crippen molar-refractivity contribution in [1.29, 1.82) is 0 Å². The quantitative estimate of drug-likeness (QED) is 0.422. The maximum atomic E-state index is 12.7. The maximum Gasteiger partial charge on any atom is 0.407 e. The van der Waals surface area contributed by atoms with Crippen LogP contribution in [0, 0.1) is 0 Å². The largest absolute Gasteiger partial charge is 0.459 e. The van der Waals surface area contributed by atoms with Crippen LogP contribution in [0.15, 0.2) is 60.7 Å². The molecule has 0 aromatic heterocycles. The molecule has 0 aliphatic heterocycles. The Morgan fingerprint density at radius 1 is 0.879 bits per heavy atom. The molecule has 8 heteroatoms. The number of hydrogen-bond acceptors (Lipinski definition) is 6. The number of hydrogen-bond donors (Lipinski definition) is 2. The molecule has 2 N–H and O–H groups in total. The molecule has 0 fully saturated rings. The predicted molar refractivity (Wildman–Crippen MR) is 122 cm³/mol. The van der Waals surface area contributed by atoms with Crippen LogP contribution in [0.1, 0.15) is 38.3 Å². The monoisotopic (exact) mass is 454 g/mol. The van der Waals surface area contributed by atoms with Crippen molar-refractivity contribution in [3.63, 3.8) is 0 Å². The van der Waals surface area contributed by atoms with Gasteiger partial charge in [-0.25, -0.2) is 9.59 Å². The molecule has 0 aliphatic carbocycles. The minimum absolute atomic E-state index is 0.0502. The highest BCUT2D eigenvalue weighted by Gasteiger charge is 2.26. The second kappa shape index (κ2) is 12.4. The average Bonchev–Trinajstić information content (AvgIpc) is 2.77. The molecule has 0 saturated heterocycles. The Labute approximate surface area is 193 Å². The van der Waals surface area contributed by atoms with E-state index in [0.717, 1.165) is 11.1 Å². The fraction of sp³-hybridized carbons (Fsp3) is 0.360. The Morgan fingerprint density at radius 3 is 2.03 bits per heavy atom. The minimum atomic E-state index is -1.04. The number of carbonyl (C=O) groups excluding carboxylic acids is 4.